The molecule has 141 heavy (non-hydrogen) atoms. The van der Waals surface area contributed by atoms with Gasteiger partial charge in [-0.15, -0.1) is 21.5 Å². The summed E-state index contributed by atoms with van der Waals surface area (Å²) in [4.78, 5) is 160. The van der Waals surface area contributed by atoms with Gasteiger partial charge in [0, 0.05) is 65.0 Å². The van der Waals surface area contributed by atoms with Gasteiger partial charge >= 0.3 is 0 Å². The molecule has 9 aromatic rings. The first-order valence-corrected chi connectivity index (χ1v) is 53.9. The molecule has 7 heterocycles. The van der Waals surface area contributed by atoms with Gasteiger partial charge < -0.3 is 73.2 Å². The lowest BCUT2D eigenvalue weighted by Crippen LogP contribution is -2.58. The molecule has 5 aromatic carbocycles. The number of likely N-dealkylation sites (N-methyl/N-ethyl adjacent to an activating group) is 3. The van der Waals surface area contributed by atoms with Crippen LogP contribution in [0, 0.1) is 29.6 Å². The van der Waals surface area contributed by atoms with Crippen molar-refractivity contribution in [3.05, 3.63) is 145 Å². The number of nitrogens with zero attached hydrogens (tertiary/aromatic N) is 9. The van der Waals surface area contributed by atoms with Crippen molar-refractivity contribution in [2.45, 2.75) is 274 Å². The Labute approximate surface area is 842 Å². The molecule has 0 spiro atoms. The molecule has 17 rings (SSSR count). The maximum atomic E-state index is 14.0. The molecule has 754 valence electrons. The van der Waals surface area contributed by atoms with Crippen molar-refractivity contribution in [2.24, 2.45) is 29.6 Å². The number of likely N-dealkylation sites (tertiary alicyclic amines) is 3. The minimum atomic E-state index is -0.614. The van der Waals surface area contributed by atoms with Gasteiger partial charge in [-0.25, -0.2) is 9.97 Å². The van der Waals surface area contributed by atoms with Crippen molar-refractivity contribution in [3.8, 4) is 44.9 Å². The van der Waals surface area contributed by atoms with Crippen molar-refractivity contribution in [1.82, 2.24) is 91.8 Å². The highest BCUT2D eigenvalue weighted by molar-refractivity contribution is 7.22. The summed E-state index contributed by atoms with van der Waals surface area (Å²) >= 11 is 5.11. The molecular formula is C104H138N22O11S4. The fourth-order valence-electron chi connectivity index (χ4n) is 20.0. The predicted octanol–water partition coefficient (Wildman–Crippen LogP) is 13.9. The van der Waals surface area contributed by atoms with E-state index in [1.54, 1.807) is 62.1 Å². The Hall–Kier alpha value is -11.5. The van der Waals surface area contributed by atoms with E-state index in [2.05, 4.69) is 112 Å². The van der Waals surface area contributed by atoms with Gasteiger partial charge in [-0.3, -0.25) is 63.6 Å². The summed E-state index contributed by atoms with van der Waals surface area (Å²) in [7, 11) is 5.19. The van der Waals surface area contributed by atoms with Crippen LogP contribution in [0.3, 0.4) is 0 Å². The van der Waals surface area contributed by atoms with Crippen LogP contribution in [-0.4, -0.2) is 223 Å². The predicted molar refractivity (Wildman–Crippen MR) is 555 cm³/mol. The molecule has 3 aliphatic heterocycles. The van der Waals surface area contributed by atoms with E-state index >= 15 is 0 Å². The zero-order chi connectivity index (χ0) is 99.3. The molecule has 13 N–H and O–H groups in total. The first-order valence-electron chi connectivity index (χ1n) is 50.6. The Morgan fingerprint density at radius 1 is 0.369 bits per heavy atom. The second-order valence-electron chi connectivity index (χ2n) is 38.4. The third-order valence-electron chi connectivity index (χ3n) is 28.7. The fraction of sp³-hybridized carbons (Fsp3) is 0.529. The molecule has 37 heteroatoms. The number of rotatable bonds is 34. The molecule has 11 atom stereocenters. The Balaban J connectivity index is 0.000000150. The van der Waals surface area contributed by atoms with Crippen LogP contribution in [0.2, 0.25) is 0 Å². The Morgan fingerprint density at radius 3 is 1.11 bits per heavy atom. The van der Waals surface area contributed by atoms with Crippen LogP contribution in [0.1, 0.15) is 207 Å². The summed E-state index contributed by atoms with van der Waals surface area (Å²) in [5.74, 6) is -0.950. The number of aromatic nitrogens is 6. The molecule has 33 nitrogen and oxygen atoms in total. The second kappa shape index (κ2) is 52.5. The molecule has 8 aliphatic rings. The van der Waals surface area contributed by atoms with Crippen molar-refractivity contribution in [3.63, 3.8) is 0 Å². The molecule has 8 fully saturated rings. The third-order valence-corrected chi connectivity index (χ3v) is 31.7. The van der Waals surface area contributed by atoms with E-state index in [-0.39, 0.29) is 101 Å². The number of amides is 11. The monoisotopic (exact) mass is 2000 g/mol. The lowest BCUT2D eigenvalue weighted by atomic mass is 9.83. The van der Waals surface area contributed by atoms with Crippen molar-refractivity contribution >= 4 is 141 Å². The van der Waals surface area contributed by atoms with E-state index in [4.69, 9.17) is 4.98 Å². The van der Waals surface area contributed by atoms with Gasteiger partial charge in [-0.2, -0.15) is 0 Å². The largest absolute Gasteiger partial charge is 0.343 e. The maximum Gasteiger partial charge on any atom is 0.261 e. The molecule has 0 radical (unpaired) electrons. The van der Waals surface area contributed by atoms with Crippen molar-refractivity contribution < 1.29 is 52.7 Å². The smallest absolute Gasteiger partial charge is 0.261 e. The summed E-state index contributed by atoms with van der Waals surface area (Å²) < 4.78 is 9.10. The number of carbonyl (C=O) groups excluding carboxylic acids is 11. The first kappa shape index (κ1) is 105. The number of fused-ring (bicyclic) bond motifs is 1. The van der Waals surface area contributed by atoms with Crippen molar-refractivity contribution in [1.29, 1.82) is 0 Å². The lowest BCUT2D eigenvalue weighted by molar-refractivity contribution is -0.142. The summed E-state index contributed by atoms with van der Waals surface area (Å²) in [5, 5.41) is 44.0. The van der Waals surface area contributed by atoms with Gasteiger partial charge in [0.25, 0.3) is 5.91 Å². The Bertz CT molecular complexity index is 5450. The van der Waals surface area contributed by atoms with Crippen LogP contribution in [0.4, 0.5) is 20.1 Å². The van der Waals surface area contributed by atoms with Crippen molar-refractivity contribution in [2.75, 3.05) is 68.7 Å². The second-order valence-corrected chi connectivity index (χ2v) is 41.8. The van der Waals surface area contributed by atoms with Crippen LogP contribution < -0.4 is 69.3 Å². The van der Waals surface area contributed by atoms with Crippen LogP contribution >= 0.6 is 45.7 Å². The molecule has 5 aliphatic carbocycles. The van der Waals surface area contributed by atoms with Gasteiger partial charge in [0.15, 0.2) is 0 Å². The lowest BCUT2D eigenvalue weighted by Gasteiger charge is -2.35. The summed E-state index contributed by atoms with van der Waals surface area (Å²) in [6.45, 7) is 9.57. The van der Waals surface area contributed by atoms with Gasteiger partial charge in [-0.1, -0.05) is 231 Å². The molecule has 0 bridgehead atoms. The zero-order valence-corrected chi connectivity index (χ0v) is 85.1. The van der Waals surface area contributed by atoms with E-state index < -0.39 is 54.4 Å². The van der Waals surface area contributed by atoms with Crippen LogP contribution in [-0.2, 0) is 52.7 Å². The molecule has 5 saturated carbocycles. The van der Waals surface area contributed by atoms with E-state index in [1.165, 1.54) is 41.9 Å². The van der Waals surface area contributed by atoms with Crippen LogP contribution in [0.5, 0.6) is 0 Å². The fourth-order valence-corrected chi connectivity index (χ4v) is 22.7. The number of para-hydroxylation sites is 1. The summed E-state index contributed by atoms with van der Waals surface area (Å²) in [5.41, 5.74) is 15.2. The third kappa shape index (κ3) is 28.3. The molecule has 3 saturated heterocycles. The van der Waals surface area contributed by atoms with E-state index in [9.17, 15) is 52.7 Å². The number of carbonyl (C=O) groups is 11. The number of anilines is 4. The SMILES string of the molecule is CC(NCC1CC1)C(=O)N[C@H](C(=O)N1CCC[C@H]1C(=O)Nc1snnc1-c1ccccc1)C1CCCCC1.CN[C@@H](C)C(=O)N[C@H](C(=O)N1CCC[C@H]1C(=O)Nc1scnc1-c1ccccc1)C1CCCCC1.CN[C@@H](C)C(=O)N[C@H](C(=O)NNc1nc2c(-c3ccccc3)cccc2s1)C1CCCCC1.CN[C@H](C)C(=O)N[C@@H](C(=O)N1CCC[C@@H]1C(=O)Nc1snnc1-c1ccccc1)C1CCCCC1. The summed E-state index contributed by atoms with van der Waals surface area (Å²) in [6, 6.07) is 39.5. The van der Waals surface area contributed by atoms with Gasteiger partial charge in [-0.05, 0) is 199 Å². The quantitative estimate of drug-likeness (QED) is 0.0167. The topological polar surface area (TPSA) is 431 Å². The first-order chi connectivity index (χ1) is 68.6. The minimum Gasteiger partial charge on any atom is -0.343 e. The summed E-state index contributed by atoms with van der Waals surface area (Å²) in [6.07, 6.45) is 27.0. The van der Waals surface area contributed by atoms with E-state index in [1.807, 2.05) is 128 Å². The highest BCUT2D eigenvalue weighted by atomic mass is 32.1. The van der Waals surface area contributed by atoms with Crippen LogP contribution in [0.25, 0.3) is 55.1 Å². The molecule has 4 aromatic heterocycles. The van der Waals surface area contributed by atoms with Gasteiger partial charge in [0.2, 0.25) is 64.2 Å². The molecule has 1 unspecified atom stereocenters. The standard InChI is InChI=1S/C28H38N6O3S.C26H35N5O3S.C25H34N6O3S.C25H31N5O2S/c1-18(29-17-19-14-15-19)25(35)30-24(21-11-6-3-7-12-21)28(37)34-16-8-13-22(34)26(36)31-27-23(32-33-38-27)20-9-4-2-5-10-20;1-17(27-2)23(32)29-22(19-12-7-4-8-13-19)26(34)31-15-9-14-20(31)24(33)30-25-21(28-16-35-25)18-10-5-3-6-11-18;1-16(26-2)22(32)27-21(18-12-7-4-8-13-18)25(34)31-15-9-14-19(31)23(33)28-24-20(29-30-35-24)17-10-5-3-6-11-17;1-16(26-2)23(31)27-21(18-12-7-4-8-13-18)24(32)29-30-25-28-22-19(14-9-15-20(22)33-25)17-10-5-3-6-11-17/h2,4-5,9-10,18-19,21-22,24,29H,3,6-8,11-17H2,1H3,(H,30,35)(H,31,36);3,5-6,10-11,16-17,19-20,22,27H,4,7-9,12-15H2,1-2H3,(H,29,32)(H,30,33);3,5-6,10-11,16,18-19,21,26H,4,7-9,12-15H2,1-2H3,(H,27,32)(H,28,33);3,5-6,9-11,14-16,18,21,26H,4,7-8,12-13H2,1-2H3,(H,27,31)(H,28,30)(H,29,32)/t18?,22-,24-;17-,20-,22-;16-,19-,21-;16-,21-/m0010/s1. The minimum absolute atomic E-state index is 0.0870. The highest BCUT2D eigenvalue weighted by Crippen LogP contribution is 2.40. The van der Waals surface area contributed by atoms with Crippen LogP contribution in [0.15, 0.2) is 145 Å². The number of hydrazine groups is 1. The maximum absolute atomic E-state index is 14.0. The number of hydrogen-bond donors (Lipinski definition) is 13. The average Bonchev–Trinajstić information content (AvgIpc) is 1.67. The Morgan fingerprint density at radius 2 is 0.723 bits per heavy atom. The Kier molecular flexibility index (Phi) is 39.2. The number of hydrogen-bond acceptors (Lipinski definition) is 26. The van der Waals surface area contributed by atoms with E-state index in [0.717, 1.165) is 215 Å². The molecular weight excluding hydrogens is 1860 g/mol. The van der Waals surface area contributed by atoms with E-state index in [0.29, 0.717) is 76.3 Å². The zero-order valence-electron chi connectivity index (χ0n) is 81.9. The molecule has 11 amide bonds. The highest BCUT2D eigenvalue weighted by Gasteiger charge is 2.46. The average molecular weight is 2000 g/mol. The van der Waals surface area contributed by atoms with Gasteiger partial charge in [0.1, 0.15) is 74.4 Å². The number of benzene rings is 5. The normalized spacial score (nSPS) is 19.7. The number of thiazole rings is 2. The number of nitrogens with one attached hydrogen (secondary N) is 13. The van der Waals surface area contributed by atoms with Gasteiger partial charge in [0.05, 0.1) is 39.9 Å².